The highest BCUT2D eigenvalue weighted by atomic mass is 32.2. The van der Waals surface area contributed by atoms with Crippen molar-refractivity contribution in [2.45, 2.75) is 51.6 Å². The molecule has 1 fully saturated rings. The Kier molecular flexibility index (Phi) is 7.40. The van der Waals surface area contributed by atoms with E-state index in [4.69, 9.17) is 25.8 Å². The number of rotatable bonds is 10. The Morgan fingerprint density at radius 1 is 1.21 bits per heavy atom. The summed E-state index contributed by atoms with van der Waals surface area (Å²) in [5, 5.41) is 8.91. The van der Waals surface area contributed by atoms with Crippen LogP contribution in [0, 0.1) is 11.3 Å². The highest BCUT2D eigenvalue weighted by Crippen LogP contribution is 2.47. The topological polar surface area (TPSA) is 148 Å². The molecule has 0 saturated carbocycles. The monoisotopic (exact) mass is 535 g/mol. The number of piperidine rings is 1. The van der Waals surface area contributed by atoms with Crippen molar-refractivity contribution in [1.29, 1.82) is 5.41 Å². The third-order valence-electron chi connectivity index (χ3n) is 7.30. The van der Waals surface area contributed by atoms with Crippen LogP contribution in [0.4, 0.5) is 5.82 Å². The summed E-state index contributed by atoms with van der Waals surface area (Å²) in [5.74, 6) is 1.46. The zero-order chi connectivity index (χ0) is 26.9. The maximum atomic E-state index is 11.9. The van der Waals surface area contributed by atoms with Gasteiger partial charge in [-0.3, -0.25) is 0 Å². The Morgan fingerprint density at radius 3 is 2.68 bits per heavy atom. The van der Waals surface area contributed by atoms with E-state index >= 15 is 0 Å². The Hall–Kier alpha value is -3.44. The van der Waals surface area contributed by atoms with E-state index in [1.165, 1.54) is 23.1 Å². The summed E-state index contributed by atoms with van der Waals surface area (Å²) in [4.78, 5) is 18.3. The van der Waals surface area contributed by atoms with Gasteiger partial charge in [0, 0.05) is 37.2 Å². The Labute approximate surface area is 222 Å². The first-order valence-corrected chi connectivity index (χ1v) is 14.9. The number of nitrogens with two attached hydrogens (primary N) is 1. The lowest BCUT2D eigenvalue weighted by molar-refractivity contribution is 0.131. The highest BCUT2D eigenvalue weighted by molar-refractivity contribution is 7.88. The average molecular weight is 536 g/mol. The predicted molar refractivity (Wildman–Crippen MR) is 148 cm³/mol. The van der Waals surface area contributed by atoms with Gasteiger partial charge in [-0.15, -0.1) is 0 Å². The number of ether oxygens (including phenoxy) is 1. The largest absolute Gasteiger partial charge is 0.474 e. The van der Waals surface area contributed by atoms with Crippen LogP contribution < -0.4 is 10.5 Å². The number of nitrogens with zero attached hydrogens (tertiary/aromatic N) is 5. The molecule has 3 aromatic rings. The fourth-order valence-corrected chi connectivity index (χ4v) is 6.17. The number of nitrogens with one attached hydrogen (secondary N) is 1. The van der Waals surface area contributed by atoms with Crippen LogP contribution >= 0.6 is 0 Å². The van der Waals surface area contributed by atoms with Crippen molar-refractivity contribution in [2.24, 2.45) is 5.92 Å². The Balaban J connectivity index is 1.47. The second kappa shape index (κ2) is 10.7. The van der Waals surface area contributed by atoms with Crippen LogP contribution in [0.15, 0.2) is 30.6 Å². The first kappa shape index (κ1) is 26.2. The summed E-state index contributed by atoms with van der Waals surface area (Å²) in [6, 6.07) is 7.73. The molecule has 1 saturated heterocycles. The molecule has 200 valence electrons. The smallest absolute Gasteiger partial charge is 0.225 e. The van der Waals surface area contributed by atoms with Gasteiger partial charge in [0.2, 0.25) is 15.9 Å². The minimum absolute atomic E-state index is 0.0676. The number of allylic oxidation sites excluding steroid dienone is 2. The van der Waals surface area contributed by atoms with Gasteiger partial charge in [0.15, 0.2) is 0 Å². The van der Waals surface area contributed by atoms with Crippen LogP contribution in [-0.2, 0) is 16.4 Å². The molecule has 1 atom stereocenters. The minimum atomic E-state index is -3.21. The molecule has 3 N–H and O–H groups in total. The number of unbranched alkanes of at least 4 members (excludes halogenated alkanes) is 1. The molecule has 1 aliphatic carbocycles. The summed E-state index contributed by atoms with van der Waals surface area (Å²) in [7, 11) is -3.21. The van der Waals surface area contributed by atoms with E-state index in [-0.39, 0.29) is 12.0 Å². The van der Waals surface area contributed by atoms with Crippen molar-refractivity contribution >= 4 is 44.1 Å². The van der Waals surface area contributed by atoms with E-state index in [1.807, 2.05) is 24.3 Å². The van der Waals surface area contributed by atoms with E-state index in [2.05, 4.69) is 16.9 Å². The second-order valence-electron chi connectivity index (χ2n) is 9.91. The molecule has 0 radical (unpaired) electrons. The molecular weight excluding hydrogens is 502 g/mol. The molecule has 0 spiro atoms. The zero-order valence-electron chi connectivity index (χ0n) is 21.7. The molecule has 3 heterocycles. The summed E-state index contributed by atoms with van der Waals surface area (Å²) >= 11 is 0. The number of benzene rings is 1. The molecule has 11 heteroatoms. The molecule has 1 aromatic carbocycles. The number of anilines is 1. The number of aromatic nitrogens is 4. The molecule has 38 heavy (non-hydrogen) atoms. The fraction of sp³-hybridized carbons (Fsp3) is 0.444. The molecule has 10 nitrogen and oxygen atoms in total. The molecule has 1 unspecified atom stereocenters. The molecule has 1 aliphatic heterocycles. The normalized spacial score (nSPS) is 17.2. The van der Waals surface area contributed by atoms with Gasteiger partial charge in [-0.05, 0) is 42.5 Å². The number of hydrogen-bond donors (Lipinski definition) is 2. The molecule has 2 aliphatic rings. The summed E-state index contributed by atoms with van der Waals surface area (Å²) in [6.45, 7) is 2.99. The van der Waals surface area contributed by atoms with Crippen molar-refractivity contribution in [3.05, 3.63) is 47.7 Å². The quantitative estimate of drug-likeness (QED) is 0.373. The lowest BCUT2D eigenvalue weighted by Gasteiger charge is -2.31. The fourth-order valence-electron chi connectivity index (χ4n) is 5.29. The predicted octanol–water partition coefficient (Wildman–Crippen LogP) is 3.73. The van der Waals surface area contributed by atoms with E-state index in [0.29, 0.717) is 49.9 Å². The molecular formula is C27H33N7O3S. The summed E-state index contributed by atoms with van der Waals surface area (Å²) < 4.78 is 31.7. The van der Waals surface area contributed by atoms with Crippen LogP contribution in [0.25, 0.3) is 22.0 Å². The van der Waals surface area contributed by atoms with Crippen LogP contribution in [0.5, 0.6) is 5.88 Å². The first-order chi connectivity index (χ1) is 18.3. The van der Waals surface area contributed by atoms with Gasteiger partial charge in [0.1, 0.15) is 24.1 Å². The SMILES string of the molecule is CCCCC(C=N)C1=C(Cc2nc(OC3CCN(S(C)(=O)=O)CC3)c3ccccc3n2)c2ncnc(N)c21. The third kappa shape index (κ3) is 5.12. The lowest BCUT2D eigenvalue weighted by Crippen LogP contribution is -2.41. The third-order valence-corrected chi connectivity index (χ3v) is 8.60. The van der Waals surface area contributed by atoms with Crippen LogP contribution in [0.1, 0.15) is 56.1 Å². The zero-order valence-corrected chi connectivity index (χ0v) is 22.5. The van der Waals surface area contributed by atoms with Crippen molar-refractivity contribution in [2.75, 3.05) is 25.1 Å². The van der Waals surface area contributed by atoms with Gasteiger partial charge in [0.25, 0.3) is 0 Å². The van der Waals surface area contributed by atoms with Gasteiger partial charge < -0.3 is 15.9 Å². The second-order valence-corrected chi connectivity index (χ2v) is 11.9. The van der Waals surface area contributed by atoms with E-state index in [0.717, 1.165) is 52.6 Å². The van der Waals surface area contributed by atoms with Crippen molar-refractivity contribution < 1.29 is 13.2 Å². The number of fused-ring (bicyclic) bond motifs is 2. The number of nitrogen functional groups attached to an aromatic ring is 1. The molecule has 2 aromatic heterocycles. The van der Waals surface area contributed by atoms with Gasteiger partial charge in [-0.25, -0.2) is 27.7 Å². The van der Waals surface area contributed by atoms with Crippen LogP contribution in [-0.4, -0.2) is 64.3 Å². The number of para-hydroxylation sites is 1. The maximum Gasteiger partial charge on any atom is 0.225 e. The highest BCUT2D eigenvalue weighted by Gasteiger charge is 2.35. The summed E-state index contributed by atoms with van der Waals surface area (Å²) in [5.41, 5.74) is 10.6. The number of hydrogen-bond acceptors (Lipinski definition) is 9. The Morgan fingerprint density at radius 2 is 1.97 bits per heavy atom. The van der Waals surface area contributed by atoms with E-state index < -0.39 is 10.0 Å². The van der Waals surface area contributed by atoms with Gasteiger partial charge in [-0.1, -0.05) is 31.9 Å². The van der Waals surface area contributed by atoms with Crippen molar-refractivity contribution in [1.82, 2.24) is 24.2 Å². The first-order valence-electron chi connectivity index (χ1n) is 13.0. The maximum absolute atomic E-state index is 11.9. The van der Waals surface area contributed by atoms with Crippen molar-refractivity contribution in [3.8, 4) is 5.88 Å². The molecule has 5 rings (SSSR count). The summed E-state index contributed by atoms with van der Waals surface area (Å²) in [6.07, 6.45) is 8.57. The van der Waals surface area contributed by atoms with E-state index in [1.54, 1.807) is 0 Å². The molecule has 0 amide bonds. The molecule has 0 bridgehead atoms. The van der Waals surface area contributed by atoms with Gasteiger partial charge in [0.05, 0.1) is 22.9 Å². The van der Waals surface area contributed by atoms with Crippen LogP contribution in [0.2, 0.25) is 0 Å². The van der Waals surface area contributed by atoms with Crippen LogP contribution in [0.3, 0.4) is 0 Å². The number of sulfonamides is 1. The van der Waals surface area contributed by atoms with E-state index in [9.17, 15) is 8.42 Å². The average Bonchev–Trinajstić information content (AvgIpc) is 2.90. The minimum Gasteiger partial charge on any atom is -0.474 e. The van der Waals surface area contributed by atoms with Gasteiger partial charge in [-0.2, -0.15) is 4.98 Å². The standard InChI is InChI=1S/C27H33N7O3S/c1-3-4-7-17(15-28)23-20(25-24(23)26(29)31-16-30-25)14-22-32-21-9-6-5-8-19(21)27(33-22)37-18-10-12-34(13-11-18)38(2,35)36/h5-6,8-9,15-18,28H,3-4,7,10-14H2,1-2H3,(H2,29,30,31). The van der Waals surface area contributed by atoms with Gasteiger partial charge >= 0.3 is 0 Å². The lowest BCUT2D eigenvalue weighted by atomic mass is 9.74. The Bertz CT molecular complexity index is 1500. The van der Waals surface area contributed by atoms with Crippen molar-refractivity contribution in [3.63, 3.8) is 0 Å².